The number of aromatic hydroxyl groups is 1. The van der Waals surface area contributed by atoms with Crippen molar-refractivity contribution in [1.82, 2.24) is 5.32 Å². The van der Waals surface area contributed by atoms with Gasteiger partial charge in [-0.1, -0.05) is 12.1 Å². The lowest BCUT2D eigenvalue weighted by Gasteiger charge is -2.11. The summed E-state index contributed by atoms with van der Waals surface area (Å²) < 4.78 is 5.22. The van der Waals surface area contributed by atoms with Crippen molar-refractivity contribution in [3.8, 4) is 11.5 Å². The number of para-hydroxylation sites is 1. The van der Waals surface area contributed by atoms with Crippen molar-refractivity contribution >= 4 is 11.6 Å². The number of nitrogens with one attached hydrogen (secondary N) is 1. The Labute approximate surface area is 123 Å². The molecule has 2 aromatic carbocycles. The maximum absolute atomic E-state index is 12.1. The number of nitrogen functional groups attached to an aromatic ring is 1. The summed E-state index contributed by atoms with van der Waals surface area (Å²) in [5, 5.41) is 12.7. The molecule has 0 spiro atoms. The number of carbonyl (C=O) groups excluding carboxylic acids is 1. The molecule has 0 aliphatic carbocycles. The Bertz CT molecular complexity index is 669. The van der Waals surface area contributed by atoms with Crippen LogP contribution in [0.3, 0.4) is 0 Å². The van der Waals surface area contributed by atoms with Crippen LogP contribution in [0.4, 0.5) is 5.69 Å². The summed E-state index contributed by atoms with van der Waals surface area (Å²) in [7, 11) is 1.56. The molecule has 0 aliphatic rings. The van der Waals surface area contributed by atoms with Gasteiger partial charge in [0.05, 0.1) is 12.7 Å². The monoisotopic (exact) mass is 286 g/mol. The summed E-state index contributed by atoms with van der Waals surface area (Å²) in [6.07, 6.45) is 0. The molecule has 21 heavy (non-hydrogen) atoms. The first-order valence-corrected chi connectivity index (χ1v) is 6.52. The van der Waals surface area contributed by atoms with Gasteiger partial charge in [-0.15, -0.1) is 0 Å². The summed E-state index contributed by atoms with van der Waals surface area (Å²) in [6.45, 7) is 2.01. The Morgan fingerprint density at radius 3 is 2.81 bits per heavy atom. The zero-order valence-electron chi connectivity index (χ0n) is 12.0. The van der Waals surface area contributed by atoms with Crippen LogP contribution in [0, 0.1) is 6.92 Å². The van der Waals surface area contributed by atoms with Gasteiger partial charge in [-0.05, 0) is 36.8 Å². The van der Waals surface area contributed by atoms with E-state index in [0.29, 0.717) is 17.0 Å². The van der Waals surface area contributed by atoms with Crippen molar-refractivity contribution in [3.63, 3.8) is 0 Å². The predicted octanol–water partition coefficient (Wildman–Crippen LogP) is 2.22. The standard InChI is InChI=1S/C16H18N2O3/c1-10-4-3-5-13(15(10)19)16(20)18-9-11-8-12(17)6-7-14(11)21-2/h3-8,19H,9,17H2,1-2H3,(H,18,20). The van der Waals surface area contributed by atoms with E-state index in [2.05, 4.69) is 5.32 Å². The number of amides is 1. The summed E-state index contributed by atoms with van der Waals surface area (Å²) in [5.41, 5.74) is 8.01. The normalized spacial score (nSPS) is 10.2. The molecule has 110 valence electrons. The minimum Gasteiger partial charge on any atom is -0.507 e. The second-order valence-electron chi connectivity index (χ2n) is 4.73. The number of phenolic OH excluding ortho intramolecular Hbond substituents is 1. The Kier molecular flexibility index (Phi) is 4.33. The van der Waals surface area contributed by atoms with E-state index in [1.165, 1.54) is 0 Å². The molecule has 0 fully saturated rings. The second kappa shape index (κ2) is 6.17. The molecule has 0 saturated heterocycles. The molecule has 0 radical (unpaired) electrons. The van der Waals surface area contributed by atoms with Crippen LogP contribution in [-0.4, -0.2) is 18.1 Å². The molecular formula is C16H18N2O3. The minimum absolute atomic E-state index is 0.00506. The fraction of sp³-hybridized carbons (Fsp3) is 0.188. The smallest absolute Gasteiger partial charge is 0.255 e. The van der Waals surface area contributed by atoms with Crippen molar-refractivity contribution in [1.29, 1.82) is 0 Å². The number of methoxy groups -OCH3 is 1. The summed E-state index contributed by atoms with van der Waals surface area (Å²) in [5.74, 6) is 0.299. The lowest BCUT2D eigenvalue weighted by atomic mass is 10.1. The number of benzene rings is 2. The number of anilines is 1. The Morgan fingerprint density at radius 1 is 1.33 bits per heavy atom. The molecular weight excluding hydrogens is 268 g/mol. The molecule has 4 N–H and O–H groups in total. The molecule has 0 unspecified atom stereocenters. The van der Waals surface area contributed by atoms with Crippen LogP contribution in [-0.2, 0) is 6.54 Å². The minimum atomic E-state index is -0.347. The number of rotatable bonds is 4. The van der Waals surface area contributed by atoms with Gasteiger partial charge in [-0.25, -0.2) is 0 Å². The van der Waals surface area contributed by atoms with Crippen LogP contribution >= 0.6 is 0 Å². The molecule has 0 heterocycles. The highest BCUT2D eigenvalue weighted by Crippen LogP contribution is 2.23. The van der Waals surface area contributed by atoms with Crippen molar-refractivity contribution in [2.45, 2.75) is 13.5 Å². The van der Waals surface area contributed by atoms with Gasteiger partial charge in [0, 0.05) is 17.8 Å². The van der Waals surface area contributed by atoms with Crippen molar-refractivity contribution in [2.24, 2.45) is 0 Å². The van der Waals surface area contributed by atoms with Gasteiger partial charge in [0.2, 0.25) is 0 Å². The third-order valence-electron chi connectivity index (χ3n) is 3.23. The first kappa shape index (κ1) is 14.7. The highest BCUT2D eigenvalue weighted by Gasteiger charge is 2.13. The van der Waals surface area contributed by atoms with Gasteiger partial charge in [-0.2, -0.15) is 0 Å². The highest BCUT2D eigenvalue weighted by atomic mass is 16.5. The fourth-order valence-electron chi connectivity index (χ4n) is 2.05. The number of hydrogen-bond donors (Lipinski definition) is 3. The van der Waals surface area contributed by atoms with Gasteiger partial charge in [-0.3, -0.25) is 4.79 Å². The molecule has 0 atom stereocenters. The third kappa shape index (κ3) is 3.25. The number of aryl methyl sites for hydroxylation is 1. The van der Waals surface area contributed by atoms with Crippen molar-refractivity contribution in [2.75, 3.05) is 12.8 Å². The lowest BCUT2D eigenvalue weighted by molar-refractivity contribution is 0.0948. The molecule has 0 aliphatic heterocycles. The highest BCUT2D eigenvalue weighted by molar-refractivity contribution is 5.97. The molecule has 5 heteroatoms. The second-order valence-corrected chi connectivity index (χ2v) is 4.73. The quantitative estimate of drug-likeness (QED) is 0.752. The van der Waals surface area contributed by atoms with Crippen LogP contribution in [0.2, 0.25) is 0 Å². The number of ether oxygens (including phenoxy) is 1. The van der Waals surface area contributed by atoms with Crippen molar-refractivity contribution < 1.29 is 14.6 Å². The topological polar surface area (TPSA) is 84.6 Å². The van der Waals surface area contributed by atoms with E-state index < -0.39 is 0 Å². The van der Waals surface area contributed by atoms with Crippen LogP contribution in [0.25, 0.3) is 0 Å². The van der Waals surface area contributed by atoms with Crippen molar-refractivity contribution in [3.05, 3.63) is 53.1 Å². The van der Waals surface area contributed by atoms with Gasteiger partial charge in [0.15, 0.2) is 0 Å². The summed E-state index contributed by atoms with van der Waals surface area (Å²) in [6, 6.07) is 10.3. The molecule has 5 nitrogen and oxygen atoms in total. The maximum Gasteiger partial charge on any atom is 0.255 e. The molecule has 1 amide bonds. The lowest BCUT2D eigenvalue weighted by Crippen LogP contribution is -2.23. The predicted molar refractivity (Wildman–Crippen MR) is 81.4 cm³/mol. The molecule has 0 bridgehead atoms. The Balaban J connectivity index is 2.15. The zero-order valence-corrected chi connectivity index (χ0v) is 12.0. The van der Waals surface area contributed by atoms with E-state index in [1.54, 1.807) is 50.4 Å². The van der Waals surface area contributed by atoms with Crippen LogP contribution in [0.5, 0.6) is 11.5 Å². The number of carbonyl (C=O) groups is 1. The third-order valence-corrected chi connectivity index (χ3v) is 3.23. The van der Waals surface area contributed by atoms with Crippen LogP contribution < -0.4 is 15.8 Å². The van der Waals surface area contributed by atoms with Gasteiger partial charge in [0.1, 0.15) is 11.5 Å². The van der Waals surface area contributed by atoms with E-state index >= 15 is 0 Å². The fourth-order valence-corrected chi connectivity index (χ4v) is 2.05. The van der Waals surface area contributed by atoms with Gasteiger partial charge in [0.25, 0.3) is 5.91 Å². The van der Waals surface area contributed by atoms with Crippen LogP contribution in [0.1, 0.15) is 21.5 Å². The SMILES string of the molecule is COc1ccc(N)cc1CNC(=O)c1cccc(C)c1O. The average molecular weight is 286 g/mol. The maximum atomic E-state index is 12.1. The first-order chi connectivity index (χ1) is 10.0. The Hall–Kier alpha value is -2.69. The van der Waals surface area contributed by atoms with E-state index in [4.69, 9.17) is 10.5 Å². The zero-order chi connectivity index (χ0) is 15.4. The molecule has 2 aromatic rings. The molecule has 0 saturated carbocycles. The van der Waals surface area contributed by atoms with E-state index in [9.17, 15) is 9.90 Å². The van der Waals surface area contributed by atoms with E-state index in [-0.39, 0.29) is 23.8 Å². The number of nitrogens with two attached hydrogens (primary N) is 1. The number of hydrogen-bond acceptors (Lipinski definition) is 4. The Morgan fingerprint density at radius 2 is 2.10 bits per heavy atom. The van der Waals surface area contributed by atoms with E-state index in [1.807, 2.05) is 0 Å². The molecule has 0 aromatic heterocycles. The van der Waals surface area contributed by atoms with Gasteiger partial charge < -0.3 is 20.9 Å². The largest absolute Gasteiger partial charge is 0.507 e. The summed E-state index contributed by atoms with van der Waals surface area (Å²) >= 11 is 0. The average Bonchev–Trinajstić information content (AvgIpc) is 2.47. The first-order valence-electron chi connectivity index (χ1n) is 6.52. The molecule has 2 rings (SSSR count). The number of phenols is 1. The summed E-state index contributed by atoms with van der Waals surface area (Å²) in [4.78, 5) is 12.1. The van der Waals surface area contributed by atoms with Crippen LogP contribution in [0.15, 0.2) is 36.4 Å². The van der Waals surface area contributed by atoms with Gasteiger partial charge >= 0.3 is 0 Å². The van der Waals surface area contributed by atoms with E-state index in [0.717, 1.165) is 5.56 Å².